The molecule has 1 aliphatic heterocycles. The van der Waals surface area contributed by atoms with Crippen LogP contribution in [0.15, 0.2) is 46.3 Å². The molecule has 0 radical (unpaired) electrons. The SMILES string of the molecule is CCOCCn1c(=NC(=O)c2ccc(S(=O)(=O)N3CCCCC3CC)cc2)sc2cc(C)cc(C)c21. The molecule has 1 saturated heterocycles. The Kier molecular flexibility index (Phi) is 8.44. The summed E-state index contributed by atoms with van der Waals surface area (Å²) in [6.45, 7) is 10.4. The second-order valence-corrected chi connectivity index (χ2v) is 12.2. The first-order valence-corrected chi connectivity index (χ1v) is 14.9. The van der Waals surface area contributed by atoms with Crippen molar-refractivity contribution in [2.24, 2.45) is 4.99 Å². The van der Waals surface area contributed by atoms with E-state index in [-0.39, 0.29) is 10.9 Å². The van der Waals surface area contributed by atoms with Crippen molar-refractivity contribution in [3.63, 3.8) is 0 Å². The first kappa shape index (κ1) is 26.7. The Morgan fingerprint density at radius 3 is 2.58 bits per heavy atom. The molecule has 1 aliphatic rings. The highest BCUT2D eigenvalue weighted by Crippen LogP contribution is 2.27. The predicted octanol–water partition coefficient (Wildman–Crippen LogP) is 5.05. The number of carbonyl (C=O) groups excluding carboxylic acids is 1. The number of aryl methyl sites for hydroxylation is 2. The smallest absolute Gasteiger partial charge is 0.279 e. The molecule has 1 fully saturated rings. The molecule has 194 valence electrons. The third kappa shape index (κ3) is 5.49. The average molecular weight is 530 g/mol. The van der Waals surface area contributed by atoms with Crippen LogP contribution in [0.3, 0.4) is 0 Å². The number of benzene rings is 2. The van der Waals surface area contributed by atoms with Crippen molar-refractivity contribution in [3.05, 3.63) is 57.9 Å². The van der Waals surface area contributed by atoms with E-state index < -0.39 is 15.9 Å². The van der Waals surface area contributed by atoms with Gasteiger partial charge in [-0.15, -0.1) is 0 Å². The van der Waals surface area contributed by atoms with Crippen molar-refractivity contribution >= 4 is 37.5 Å². The Bertz CT molecular complexity index is 1410. The quantitative estimate of drug-likeness (QED) is 0.383. The molecule has 0 bridgehead atoms. The van der Waals surface area contributed by atoms with Crippen molar-refractivity contribution in [1.82, 2.24) is 8.87 Å². The number of fused-ring (bicyclic) bond motifs is 1. The summed E-state index contributed by atoms with van der Waals surface area (Å²) in [4.78, 5) is 18.4. The lowest BCUT2D eigenvalue weighted by molar-refractivity contribution is 0.0996. The van der Waals surface area contributed by atoms with Crippen LogP contribution < -0.4 is 4.80 Å². The minimum absolute atomic E-state index is 0.0345. The van der Waals surface area contributed by atoms with Crippen LogP contribution in [0.2, 0.25) is 0 Å². The maximum Gasteiger partial charge on any atom is 0.279 e. The summed E-state index contributed by atoms with van der Waals surface area (Å²) in [7, 11) is -3.59. The molecule has 0 saturated carbocycles. The van der Waals surface area contributed by atoms with Gasteiger partial charge in [-0.05, 0) is 81.5 Å². The Morgan fingerprint density at radius 1 is 1.14 bits per heavy atom. The largest absolute Gasteiger partial charge is 0.380 e. The van der Waals surface area contributed by atoms with E-state index in [0.717, 1.165) is 47.0 Å². The molecule has 1 unspecified atom stereocenters. The number of piperidine rings is 1. The van der Waals surface area contributed by atoms with Gasteiger partial charge in [-0.1, -0.05) is 30.7 Å². The summed E-state index contributed by atoms with van der Waals surface area (Å²) < 4.78 is 36.8. The molecule has 36 heavy (non-hydrogen) atoms. The molecule has 1 atom stereocenters. The highest BCUT2D eigenvalue weighted by molar-refractivity contribution is 7.89. The number of hydrogen-bond donors (Lipinski definition) is 0. The highest BCUT2D eigenvalue weighted by atomic mass is 32.2. The van der Waals surface area contributed by atoms with Gasteiger partial charge in [0.15, 0.2) is 4.80 Å². The number of thiazole rings is 1. The van der Waals surface area contributed by atoms with E-state index in [2.05, 4.69) is 31.0 Å². The highest BCUT2D eigenvalue weighted by Gasteiger charge is 2.32. The van der Waals surface area contributed by atoms with E-state index in [0.29, 0.717) is 36.7 Å². The van der Waals surface area contributed by atoms with Gasteiger partial charge in [0.05, 0.1) is 21.7 Å². The molecule has 4 rings (SSSR count). The van der Waals surface area contributed by atoms with Crippen molar-refractivity contribution < 1.29 is 17.9 Å². The Balaban J connectivity index is 1.66. The van der Waals surface area contributed by atoms with Crippen molar-refractivity contribution in [2.45, 2.75) is 70.9 Å². The molecule has 3 aromatic rings. The first-order chi connectivity index (χ1) is 17.3. The minimum Gasteiger partial charge on any atom is -0.380 e. The minimum atomic E-state index is -3.59. The molecule has 0 N–H and O–H groups in total. The maximum atomic E-state index is 13.3. The Labute approximate surface area is 217 Å². The lowest BCUT2D eigenvalue weighted by atomic mass is 10.0. The molecule has 1 aromatic heterocycles. The second kappa shape index (κ2) is 11.4. The number of sulfonamides is 1. The zero-order valence-corrected chi connectivity index (χ0v) is 23.1. The van der Waals surface area contributed by atoms with Crippen LogP contribution in [0.5, 0.6) is 0 Å². The van der Waals surface area contributed by atoms with Crippen molar-refractivity contribution in [2.75, 3.05) is 19.8 Å². The van der Waals surface area contributed by atoms with Crippen molar-refractivity contribution in [1.29, 1.82) is 0 Å². The fraction of sp³-hybridized carbons (Fsp3) is 0.481. The number of ether oxygens (including phenoxy) is 1. The predicted molar refractivity (Wildman–Crippen MR) is 144 cm³/mol. The number of hydrogen-bond acceptors (Lipinski definition) is 5. The van der Waals surface area contributed by atoms with E-state index >= 15 is 0 Å². The van der Waals surface area contributed by atoms with Gasteiger partial charge in [-0.2, -0.15) is 9.30 Å². The fourth-order valence-corrected chi connectivity index (χ4v) is 7.94. The van der Waals surface area contributed by atoms with Gasteiger partial charge in [0.1, 0.15) is 0 Å². The molecule has 7 nitrogen and oxygen atoms in total. The lowest BCUT2D eigenvalue weighted by Crippen LogP contribution is -2.43. The van der Waals surface area contributed by atoms with Gasteiger partial charge in [0.2, 0.25) is 10.0 Å². The Hall–Kier alpha value is -2.33. The van der Waals surface area contributed by atoms with Gasteiger partial charge in [0, 0.05) is 31.3 Å². The molecular weight excluding hydrogens is 494 g/mol. The van der Waals surface area contributed by atoms with Gasteiger partial charge in [0.25, 0.3) is 5.91 Å². The summed E-state index contributed by atoms with van der Waals surface area (Å²) in [5, 5.41) is 0. The normalized spacial score (nSPS) is 17.7. The Morgan fingerprint density at radius 2 is 1.89 bits per heavy atom. The topological polar surface area (TPSA) is 81.0 Å². The van der Waals surface area contributed by atoms with Crippen LogP contribution in [0.4, 0.5) is 0 Å². The zero-order chi connectivity index (χ0) is 25.9. The van der Waals surface area contributed by atoms with Crippen LogP contribution >= 0.6 is 11.3 Å². The number of rotatable bonds is 8. The summed E-state index contributed by atoms with van der Waals surface area (Å²) in [6, 6.07) is 10.5. The maximum absolute atomic E-state index is 13.3. The summed E-state index contributed by atoms with van der Waals surface area (Å²) in [6.07, 6.45) is 3.62. The van der Waals surface area contributed by atoms with Crippen LogP contribution in [0.25, 0.3) is 10.2 Å². The number of aromatic nitrogens is 1. The van der Waals surface area contributed by atoms with Crippen LogP contribution in [-0.2, 0) is 21.3 Å². The molecule has 0 spiro atoms. The third-order valence-corrected chi connectivity index (χ3v) is 9.72. The molecule has 9 heteroatoms. The van der Waals surface area contributed by atoms with E-state index in [4.69, 9.17) is 4.74 Å². The third-order valence-electron chi connectivity index (χ3n) is 6.72. The fourth-order valence-electron chi connectivity index (χ4n) is 4.94. The van der Waals surface area contributed by atoms with Gasteiger partial charge < -0.3 is 9.30 Å². The summed E-state index contributed by atoms with van der Waals surface area (Å²) in [5.41, 5.74) is 3.71. The molecular formula is C27H35N3O4S2. The van der Waals surface area contributed by atoms with Crippen LogP contribution in [0.1, 0.15) is 61.0 Å². The summed E-state index contributed by atoms with van der Waals surface area (Å²) >= 11 is 1.48. The first-order valence-electron chi connectivity index (χ1n) is 12.7. The van der Waals surface area contributed by atoms with Crippen LogP contribution in [-0.4, -0.2) is 49.0 Å². The number of amides is 1. The van der Waals surface area contributed by atoms with E-state index in [9.17, 15) is 13.2 Å². The lowest BCUT2D eigenvalue weighted by Gasteiger charge is -2.34. The van der Waals surface area contributed by atoms with Gasteiger partial charge >= 0.3 is 0 Å². The van der Waals surface area contributed by atoms with Gasteiger partial charge in [-0.3, -0.25) is 4.79 Å². The van der Waals surface area contributed by atoms with Gasteiger partial charge in [-0.25, -0.2) is 8.42 Å². The number of nitrogens with zero attached hydrogens (tertiary/aromatic N) is 3. The van der Waals surface area contributed by atoms with Crippen molar-refractivity contribution in [3.8, 4) is 0 Å². The van der Waals surface area contributed by atoms with E-state index in [1.54, 1.807) is 16.4 Å². The summed E-state index contributed by atoms with van der Waals surface area (Å²) in [5.74, 6) is -0.394. The molecule has 0 aliphatic carbocycles. The van der Waals surface area contributed by atoms with E-state index in [1.165, 1.54) is 23.5 Å². The molecule has 1 amide bonds. The average Bonchev–Trinajstić information content (AvgIpc) is 3.21. The second-order valence-electron chi connectivity index (χ2n) is 9.28. The standard InChI is InChI=1S/C27H35N3O4S2/c1-5-22-9-7-8-14-30(22)36(32,33)23-12-10-21(11-13-23)26(31)28-27-29(15-16-34-6-2)25-20(4)17-19(3)18-24(25)35-27/h10-13,17-18,22H,5-9,14-16H2,1-4H3. The zero-order valence-electron chi connectivity index (χ0n) is 21.5. The molecule has 2 heterocycles. The van der Waals surface area contributed by atoms with E-state index in [1.807, 2.05) is 18.4 Å². The molecule has 2 aromatic carbocycles. The monoisotopic (exact) mass is 529 g/mol. The van der Waals surface area contributed by atoms with Crippen LogP contribution in [0, 0.1) is 13.8 Å². The number of carbonyl (C=O) groups is 1.